The fourth-order valence-electron chi connectivity index (χ4n) is 2.95. The van der Waals surface area contributed by atoms with E-state index >= 15 is 0 Å². The van der Waals surface area contributed by atoms with E-state index in [1.165, 1.54) is 17.3 Å². The average molecular weight is 458 g/mol. The lowest BCUT2D eigenvalue weighted by Crippen LogP contribution is -2.17. The maximum absolute atomic E-state index is 11.8. The van der Waals surface area contributed by atoms with Gasteiger partial charge in [0.15, 0.2) is 11.5 Å². The Bertz CT molecular complexity index is 978. The van der Waals surface area contributed by atoms with E-state index in [2.05, 4.69) is 38.2 Å². The molecule has 1 heterocycles. The fourth-order valence-corrected chi connectivity index (χ4v) is 3.99. The van der Waals surface area contributed by atoms with E-state index in [-0.39, 0.29) is 11.3 Å². The molecule has 0 aliphatic carbocycles. The van der Waals surface area contributed by atoms with Gasteiger partial charge in [0.05, 0.1) is 25.2 Å². The number of rotatable bonds is 8. The molecule has 2 aromatic carbocycles. The van der Waals surface area contributed by atoms with Gasteiger partial charge < -0.3 is 19.5 Å². The van der Waals surface area contributed by atoms with Gasteiger partial charge in [0.2, 0.25) is 0 Å². The molecule has 0 unspecified atom stereocenters. The third kappa shape index (κ3) is 6.48. The molecule has 1 aliphatic rings. The Balaban J connectivity index is 1.49. The highest BCUT2D eigenvalue weighted by atomic mass is 32.2. The van der Waals surface area contributed by atoms with Gasteiger partial charge in [-0.2, -0.15) is 0 Å². The minimum absolute atomic E-state index is 0.131. The van der Waals surface area contributed by atoms with E-state index in [9.17, 15) is 4.79 Å². The second-order valence-corrected chi connectivity index (χ2v) is 9.81. The number of carbonyl (C=O) groups excluding carboxylic acids is 1. The highest BCUT2D eigenvalue weighted by Crippen LogP contribution is 2.31. The highest BCUT2D eigenvalue weighted by Gasteiger charge is 2.22. The number of thiocarbonyl (C=S) groups is 1. The van der Waals surface area contributed by atoms with Crippen molar-refractivity contribution in [1.29, 1.82) is 0 Å². The minimum atomic E-state index is -0.178. The Kier molecular flexibility index (Phi) is 7.62. The molecule has 1 fully saturated rings. The van der Waals surface area contributed by atoms with Crippen molar-refractivity contribution in [3.63, 3.8) is 0 Å². The van der Waals surface area contributed by atoms with E-state index in [1.807, 2.05) is 30.3 Å². The molecule has 1 N–H and O–H groups in total. The number of nitrogens with one attached hydrogen (secondary N) is 1. The number of ether oxygens (including phenoxy) is 3. The van der Waals surface area contributed by atoms with Crippen LogP contribution in [0.3, 0.4) is 0 Å². The molecule has 164 valence electrons. The monoisotopic (exact) mass is 457 g/mol. The van der Waals surface area contributed by atoms with E-state index in [0.29, 0.717) is 33.9 Å². The van der Waals surface area contributed by atoms with Crippen LogP contribution in [0.4, 0.5) is 0 Å². The summed E-state index contributed by atoms with van der Waals surface area (Å²) in [5.41, 5.74) is 2.25. The third-order valence-electron chi connectivity index (χ3n) is 4.66. The summed E-state index contributed by atoms with van der Waals surface area (Å²) in [5, 5.41) is 2.61. The quantitative estimate of drug-likeness (QED) is 0.329. The molecule has 0 aromatic heterocycles. The molecule has 0 atom stereocenters. The molecule has 7 heteroatoms. The van der Waals surface area contributed by atoms with Crippen LogP contribution >= 0.6 is 24.0 Å². The molecule has 31 heavy (non-hydrogen) atoms. The molecular weight excluding hydrogens is 430 g/mol. The maximum Gasteiger partial charge on any atom is 0.263 e. The summed E-state index contributed by atoms with van der Waals surface area (Å²) in [6, 6.07) is 13.8. The Morgan fingerprint density at radius 1 is 1.03 bits per heavy atom. The molecular formula is C24H27NO4S2. The number of hydrogen-bond donors (Lipinski definition) is 1. The lowest BCUT2D eigenvalue weighted by Gasteiger charge is -2.19. The molecule has 2 aromatic rings. The number of methoxy groups -OCH3 is 1. The first-order valence-corrected chi connectivity index (χ1v) is 11.3. The molecule has 0 spiro atoms. The van der Waals surface area contributed by atoms with Gasteiger partial charge in [-0.1, -0.05) is 63.0 Å². The second-order valence-electron chi connectivity index (χ2n) is 8.09. The lowest BCUT2D eigenvalue weighted by atomic mass is 9.87. The van der Waals surface area contributed by atoms with E-state index in [4.69, 9.17) is 26.4 Å². The number of amides is 1. The van der Waals surface area contributed by atoms with Crippen LogP contribution < -0.4 is 19.5 Å². The minimum Gasteiger partial charge on any atom is -0.493 e. The van der Waals surface area contributed by atoms with Crippen LogP contribution in [-0.2, 0) is 10.2 Å². The van der Waals surface area contributed by atoms with E-state index < -0.39 is 0 Å². The largest absolute Gasteiger partial charge is 0.493 e. The summed E-state index contributed by atoms with van der Waals surface area (Å²) in [7, 11) is 1.59. The molecule has 5 nitrogen and oxygen atoms in total. The molecule has 0 saturated carbocycles. The van der Waals surface area contributed by atoms with Gasteiger partial charge in [0.25, 0.3) is 5.91 Å². The van der Waals surface area contributed by atoms with Gasteiger partial charge in [-0.25, -0.2) is 0 Å². The molecule has 1 saturated heterocycles. The van der Waals surface area contributed by atoms with Gasteiger partial charge in [-0.15, -0.1) is 0 Å². The zero-order chi connectivity index (χ0) is 22.4. The van der Waals surface area contributed by atoms with Crippen LogP contribution in [-0.4, -0.2) is 30.6 Å². The summed E-state index contributed by atoms with van der Waals surface area (Å²) in [4.78, 5) is 12.4. The molecule has 1 aliphatic heterocycles. The first kappa shape index (κ1) is 23.2. The van der Waals surface area contributed by atoms with Crippen LogP contribution in [0.25, 0.3) is 6.08 Å². The van der Waals surface area contributed by atoms with Crippen molar-refractivity contribution < 1.29 is 19.0 Å². The van der Waals surface area contributed by atoms with E-state index in [0.717, 1.165) is 17.7 Å². The highest BCUT2D eigenvalue weighted by molar-refractivity contribution is 8.26. The van der Waals surface area contributed by atoms with Crippen molar-refractivity contribution >= 4 is 40.3 Å². The summed E-state index contributed by atoms with van der Waals surface area (Å²) >= 11 is 6.27. The van der Waals surface area contributed by atoms with Crippen molar-refractivity contribution in [3.05, 3.63) is 58.5 Å². The maximum atomic E-state index is 11.8. The van der Waals surface area contributed by atoms with Gasteiger partial charge in [0, 0.05) is 6.42 Å². The predicted molar refractivity (Wildman–Crippen MR) is 130 cm³/mol. The van der Waals surface area contributed by atoms with Crippen LogP contribution in [0.2, 0.25) is 0 Å². The summed E-state index contributed by atoms with van der Waals surface area (Å²) in [5.74, 6) is 1.94. The molecule has 0 radical (unpaired) electrons. The van der Waals surface area contributed by atoms with Crippen molar-refractivity contribution in [2.75, 3.05) is 20.3 Å². The molecule has 1 amide bonds. The standard InChI is InChI=1S/C24H27NO4S2/c1-24(2,3)17-7-9-18(10-8-17)28-12-5-13-29-19-11-6-16(14-20(19)27-4)15-21-22(26)25-23(30)31-21/h6-11,14-15H,5,12-13H2,1-4H3,(H,25,26,30)/b21-15+. The topological polar surface area (TPSA) is 56.8 Å². The van der Waals surface area contributed by atoms with Crippen molar-refractivity contribution in [3.8, 4) is 17.2 Å². The Morgan fingerprint density at radius 3 is 2.35 bits per heavy atom. The Morgan fingerprint density at radius 2 is 1.74 bits per heavy atom. The van der Waals surface area contributed by atoms with E-state index in [1.54, 1.807) is 13.2 Å². The second kappa shape index (κ2) is 10.2. The van der Waals surface area contributed by atoms with Crippen LogP contribution in [0, 0.1) is 0 Å². The van der Waals surface area contributed by atoms with Gasteiger partial charge in [-0.05, 0) is 46.9 Å². The first-order valence-electron chi connectivity index (χ1n) is 10.1. The third-order valence-corrected chi connectivity index (χ3v) is 5.83. The number of carbonyl (C=O) groups is 1. The Hall–Kier alpha value is -2.51. The average Bonchev–Trinajstić information content (AvgIpc) is 3.04. The normalized spacial score (nSPS) is 15.2. The smallest absolute Gasteiger partial charge is 0.263 e. The molecule has 0 bridgehead atoms. The van der Waals surface area contributed by atoms with Crippen molar-refractivity contribution in [1.82, 2.24) is 5.32 Å². The number of hydrogen-bond acceptors (Lipinski definition) is 6. The Labute approximate surface area is 193 Å². The lowest BCUT2D eigenvalue weighted by molar-refractivity contribution is -0.115. The van der Waals surface area contributed by atoms with Crippen molar-refractivity contribution in [2.45, 2.75) is 32.6 Å². The molecule has 3 rings (SSSR count). The zero-order valence-corrected chi connectivity index (χ0v) is 19.8. The number of thioether (sulfide) groups is 1. The van der Waals surface area contributed by atoms with Crippen LogP contribution in [0.5, 0.6) is 17.2 Å². The first-order chi connectivity index (χ1) is 14.8. The zero-order valence-electron chi connectivity index (χ0n) is 18.2. The van der Waals surface area contributed by atoms with Crippen LogP contribution in [0.1, 0.15) is 38.3 Å². The van der Waals surface area contributed by atoms with Crippen molar-refractivity contribution in [2.24, 2.45) is 0 Å². The SMILES string of the molecule is COc1cc(/C=C2/SC(=S)NC2=O)ccc1OCCCOc1ccc(C(C)(C)C)cc1. The summed E-state index contributed by atoms with van der Waals surface area (Å²) in [6.07, 6.45) is 2.52. The summed E-state index contributed by atoms with van der Waals surface area (Å²) in [6.45, 7) is 7.64. The van der Waals surface area contributed by atoms with Crippen LogP contribution in [0.15, 0.2) is 47.4 Å². The summed E-state index contributed by atoms with van der Waals surface area (Å²) < 4.78 is 17.6. The predicted octanol–water partition coefficient (Wildman–Crippen LogP) is 5.33. The van der Waals surface area contributed by atoms with Gasteiger partial charge >= 0.3 is 0 Å². The fraction of sp³-hybridized carbons (Fsp3) is 0.333. The van der Waals surface area contributed by atoms with Gasteiger partial charge in [0.1, 0.15) is 10.1 Å². The van der Waals surface area contributed by atoms with Gasteiger partial charge in [-0.3, -0.25) is 4.79 Å². The number of benzene rings is 2.